The molecular weight excluding hydrogens is 371 g/mol. The molecule has 0 N–H and O–H groups in total. The summed E-state index contributed by atoms with van der Waals surface area (Å²) in [5.41, 5.74) is 1.56. The Morgan fingerprint density at radius 2 is 1.57 bits per heavy atom. The quantitative estimate of drug-likeness (QED) is 0.228. The molecule has 0 aliphatic carbocycles. The van der Waals surface area contributed by atoms with Gasteiger partial charge in [0, 0.05) is 5.56 Å². The molecular formula is C23H29O4P. The average molecular weight is 400 g/mol. The molecule has 0 aliphatic heterocycles. The molecule has 2 rings (SSSR count). The van der Waals surface area contributed by atoms with Gasteiger partial charge < -0.3 is 9.47 Å². The van der Waals surface area contributed by atoms with E-state index < -0.39 is 0 Å². The molecule has 0 bridgehead atoms. The number of benzene rings is 2. The molecule has 0 spiro atoms. The van der Waals surface area contributed by atoms with Crippen molar-refractivity contribution in [3.8, 4) is 11.5 Å². The lowest BCUT2D eigenvalue weighted by molar-refractivity contribution is 0.103. The third-order valence-electron chi connectivity index (χ3n) is 4.93. The number of ketones is 1. The predicted octanol–water partition coefficient (Wildman–Crippen LogP) is 6.63. The maximum absolute atomic E-state index is 13.4. The molecule has 0 aromatic heterocycles. The van der Waals surface area contributed by atoms with Gasteiger partial charge >= 0.3 is 0 Å². The Morgan fingerprint density at radius 3 is 2.18 bits per heavy atom. The molecule has 4 nitrogen and oxygen atoms in total. The summed E-state index contributed by atoms with van der Waals surface area (Å²) in [6.45, 7) is 2.19. The first-order valence-corrected chi connectivity index (χ1v) is 10.7. The van der Waals surface area contributed by atoms with Gasteiger partial charge in [-0.05, 0) is 24.1 Å². The van der Waals surface area contributed by atoms with Crippen molar-refractivity contribution in [2.45, 2.75) is 51.1 Å². The van der Waals surface area contributed by atoms with E-state index >= 15 is 0 Å². The lowest BCUT2D eigenvalue weighted by atomic mass is 9.93. The number of rotatable bonds is 12. The van der Waals surface area contributed by atoms with Gasteiger partial charge in [0.05, 0.1) is 19.9 Å². The second-order valence-electron chi connectivity index (χ2n) is 6.78. The normalized spacial score (nSPS) is 12.0. The first-order chi connectivity index (χ1) is 13.7. The molecule has 0 aliphatic rings. The second-order valence-corrected chi connectivity index (χ2v) is 7.61. The van der Waals surface area contributed by atoms with Crippen molar-refractivity contribution in [3.05, 3.63) is 59.2 Å². The van der Waals surface area contributed by atoms with Crippen molar-refractivity contribution in [2.24, 2.45) is 0 Å². The molecule has 1 unspecified atom stereocenters. The van der Waals surface area contributed by atoms with Crippen LogP contribution in [0.1, 0.15) is 72.6 Å². The Bertz CT molecular complexity index is 766. The van der Waals surface area contributed by atoms with Crippen LogP contribution in [0.4, 0.5) is 0 Å². The lowest BCUT2D eigenvalue weighted by Gasteiger charge is -2.17. The van der Waals surface area contributed by atoms with Gasteiger partial charge in [-0.25, -0.2) is 0 Å². The van der Waals surface area contributed by atoms with Gasteiger partial charge in [-0.3, -0.25) is 9.36 Å². The summed E-state index contributed by atoms with van der Waals surface area (Å²) in [6.07, 6.45) is 6.53. The fourth-order valence-electron chi connectivity index (χ4n) is 3.41. The maximum Gasteiger partial charge on any atom is 0.200 e. The highest BCUT2D eigenvalue weighted by molar-refractivity contribution is 7.24. The molecule has 0 amide bonds. The molecule has 0 fully saturated rings. The minimum absolute atomic E-state index is 0.0422. The molecule has 0 radical (unpaired) electrons. The van der Waals surface area contributed by atoms with Gasteiger partial charge in [0.25, 0.3) is 0 Å². The van der Waals surface area contributed by atoms with Crippen LogP contribution in [0.5, 0.6) is 11.5 Å². The van der Waals surface area contributed by atoms with Crippen molar-refractivity contribution in [1.82, 2.24) is 0 Å². The van der Waals surface area contributed by atoms with Crippen molar-refractivity contribution in [2.75, 3.05) is 14.2 Å². The lowest BCUT2D eigenvalue weighted by Crippen LogP contribution is -2.10. The third-order valence-corrected chi connectivity index (χ3v) is 5.72. The van der Waals surface area contributed by atoms with Crippen LogP contribution in [0.15, 0.2) is 42.5 Å². The molecule has 28 heavy (non-hydrogen) atoms. The van der Waals surface area contributed by atoms with E-state index in [0.29, 0.717) is 22.6 Å². The van der Waals surface area contributed by atoms with Crippen LogP contribution in [0.2, 0.25) is 0 Å². The minimum atomic E-state index is -0.192. The summed E-state index contributed by atoms with van der Waals surface area (Å²) in [6, 6.07) is 12.7. The number of hydrogen-bond acceptors (Lipinski definition) is 4. The monoisotopic (exact) mass is 400 g/mol. The van der Waals surface area contributed by atoms with E-state index in [-0.39, 0.29) is 19.9 Å². The SMILES string of the molecule is CCCCCCCC(P=O)c1ccccc1C(=O)c1c(OC)cccc1OC. The Balaban J connectivity index is 2.33. The molecule has 1 atom stereocenters. The molecule has 0 saturated heterocycles. The largest absolute Gasteiger partial charge is 0.496 e. The van der Waals surface area contributed by atoms with Gasteiger partial charge in [-0.15, -0.1) is 0 Å². The van der Waals surface area contributed by atoms with E-state index in [1.807, 2.05) is 18.2 Å². The van der Waals surface area contributed by atoms with E-state index in [1.165, 1.54) is 33.5 Å². The van der Waals surface area contributed by atoms with E-state index in [2.05, 4.69) is 6.92 Å². The number of methoxy groups -OCH3 is 2. The summed E-state index contributed by atoms with van der Waals surface area (Å²) in [4.78, 5) is 13.4. The van der Waals surface area contributed by atoms with Crippen molar-refractivity contribution >= 4 is 14.2 Å². The highest BCUT2D eigenvalue weighted by Crippen LogP contribution is 2.37. The summed E-state index contributed by atoms with van der Waals surface area (Å²) in [5.74, 6) is 0.759. The fourth-order valence-corrected chi connectivity index (χ4v) is 4.04. The Morgan fingerprint density at radius 1 is 0.929 bits per heavy atom. The summed E-state index contributed by atoms with van der Waals surface area (Å²) in [7, 11) is 3.11. The van der Waals surface area contributed by atoms with Crippen LogP contribution in [-0.2, 0) is 4.57 Å². The van der Waals surface area contributed by atoms with Crippen LogP contribution in [0.3, 0.4) is 0 Å². The van der Waals surface area contributed by atoms with E-state index in [4.69, 9.17) is 9.47 Å². The standard InChI is InChI=1S/C23H29O4P/c1-4-5-6-7-8-16-21(28-25)17-12-9-10-13-18(17)23(24)22-19(26-2)14-11-15-20(22)27-3/h9-15,21H,4-8,16H2,1-3H3. The highest BCUT2D eigenvalue weighted by atomic mass is 31.1. The van der Waals surface area contributed by atoms with Gasteiger partial charge in [0.2, 0.25) is 5.78 Å². The zero-order valence-corrected chi connectivity index (χ0v) is 17.8. The van der Waals surface area contributed by atoms with Crippen LogP contribution in [0.25, 0.3) is 0 Å². The van der Waals surface area contributed by atoms with Crippen molar-refractivity contribution in [3.63, 3.8) is 0 Å². The van der Waals surface area contributed by atoms with Gasteiger partial charge in [-0.2, -0.15) is 0 Å². The van der Waals surface area contributed by atoms with Crippen molar-refractivity contribution in [1.29, 1.82) is 0 Å². The Kier molecular flexibility index (Phi) is 9.16. The molecule has 5 heteroatoms. The Hall–Kier alpha value is -2.19. The smallest absolute Gasteiger partial charge is 0.200 e. The molecule has 0 heterocycles. The fraction of sp³-hybridized carbons (Fsp3) is 0.435. The topological polar surface area (TPSA) is 52.6 Å². The second kappa shape index (κ2) is 11.6. The molecule has 2 aromatic rings. The van der Waals surface area contributed by atoms with Crippen LogP contribution < -0.4 is 9.47 Å². The molecule has 0 saturated carbocycles. The first-order valence-electron chi connectivity index (χ1n) is 9.85. The number of carbonyl (C=O) groups excluding carboxylic acids is 1. The van der Waals surface area contributed by atoms with Crippen LogP contribution in [-0.4, -0.2) is 20.0 Å². The van der Waals surface area contributed by atoms with Gasteiger partial charge in [0.1, 0.15) is 17.1 Å². The minimum Gasteiger partial charge on any atom is -0.496 e. The van der Waals surface area contributed by atoms with E-state index in [0.717, 1.165) is 24.8 Å². The van der Waals surface area contributed by atoms with Crippen LogP contribution >= 0.6 is 8.46 Å². The Labute approximate surface area is 169 Å². The summed E-state index contributed by atoms with van der Waals surface area (Å²) >= 11 is 0. The number of unbranched alkanes of at least 4 members (excludes halogenated alkanes) is 4. The van der Waals surface area contributed by atoms with E-state index in [9.17, 15) is 9.36 Å². The molecule has 150 valence electrons. The van der Waals surface area contributed by atoms with Crippen molar-refractivity contribution < 1.29 is 18.8 Å². The third kappa shape index (κ3) is 5.42. The van der Waals surface area contributed by atoms with Gasteiger partial charge in [-0.1, -0.05) is 69.4 Å². The molecule has 2 aromatic carbocycles. The van der Waals surface area contributed by atoms with Gasteiger partial charge in [0.15, 0.2) is 8.46 Å². The summed E-state index contributed by atoms with van der Waals surface area (Å²) < 4.78 is 22.7. The number of ether oxygens (including phenoxy) is 2. The maximum atomic E-state index is 13.4. The predicted molar refractivity (Wildman–Crippen MR) is 113 cm³/mol. The number of hydrogen-bond donors (Lipinski definition) is 0. The first kappa shape index (κ1) is 22.1. The zero-order chi connectivity index (χ0) is 20.4. The van der Waals surface area contributed by atoms with E-state index in [1.54, 1.807) is 24.3 Å². The zero-order valence-electron chi connectivity index (χ0n) is 16.9. The summed E-state index contributed by atoms with van der Waals surface area (Å²) in [5, 5.41) is 0. The average Bonchev–Trinajstić information content (AvgIpc) is 2.75. The van der Waals surface area contributed by atoms with Crippen LogP contribution in [0, 0.1) is 0 Å². The number of carbonyl (C=O) groups is 1. The highest BCUT2D eigenvalue weighted by Gasteiger charge is 2.25.